The van der Waals surface area contributed by atoms with Crippen LogP contribution in [0.25, 0.3) is 0 Å². The number of methoxy groups -OCH3 is 1. The summed E-state index contributed by atoms with van der Waals surface area (Å²) >= 11 is 0. The number of nitrogens with one attached hydrogen (secondary N) is 1. The lowest BCUT2D eigenvalue weighted by molar-refractivity contribution is -0.250. The number of likely N-dealkylation sites (N-methyl/N-ethyl adjacent to an activating group) is 1. The van der Waals surface area contributed by atoms with E-state index in [4.69, 9.17) is 23.8 Å². The number of aldehydes is 1. The van der Waals surface area contributed by atoms with Crippen LogP contribution in [-0.2, 0) is 24.4 Å². The predicted octanol–water partition coefficient (Wildman–Crippen LogP) is 7.23. The first kappa shape index (κ1) is 45.5. The van der Waals surface area contributed by atoms with Crippen LogP contribution >= 0.6 is 0 Å². The Kier molecular flexibility index (Phi) is 15.1. The van der Waals surface area contributed by atoms with E-state index in [1.54, 1.807) is 42.5 Å². The van der Waals surface area contributed by atoms with E-state index >= 15 is 0 Å². The van der Waals surface area contributed by atoms with Crippen molar-refractivity contribution in [3.63, 3.8) is 0 Å². The van der Waals surface area contributed by atoms with Crippen LogP contribution in [0, 0.1) is 17.8 Å². The Morgan fingerprint density at radius 3 is 2.39 bits per heavy atom. The molecule has 14 nitrogen and oxygen atoms in total. The van der Waals surface area contributed by atoms with Crippen LogP contribution in [0.4, 0.5) is 5.69 Å². The van der Waals surface area contributed by atoms with Gasteiger partial charge in [-0.3, -0.25) is 9.59 Å². The van der Waals surface area contributed by atoms with Gasteiger partial charge in [-0.15, -0.1) is 6.58 Å². The topological polar surface area (TPSA) is 183 Å². The molecular formula is C46H57N3O11S. The number of aliphatic hydroxyl groups is 2. The molecular weight excluding hydrogens is 803 g/mol. The zero-order valence-electron chi connectivity index (χ0n) is 35.2. The number of hydrogen-bond acceptors (Lipinski definition) is 12. The number of ether oxygens (including phenoxy) is 4. The third kappa shape index (κ3) is 9.56. The molecule has 1 saturated carbocycles. The van der Waals surface area contributed by atoms with E-state index in [9.17, 15) is 28.2 Å². The van der Waals surface area contributed by atoms with Gasteiger partial charge in [0.25, 0.3) is 0 Å². The van der Waals surface area contributed by atoms with E-state index < -0.39 is 27.8 Å². The summed E-state index contributed by atoms with van der Waals surface area (Å²) in [4.78, 5) is 29.4. The van der Waals surface area contributed by atoms with Gasteiger partial charge >= 0.3 is 0 Å². The first-order valence-electron chi connectivity index (χ1n) is 20.8. The summed E-state index contributed by atoms with van der Waals surface area (Å²) in [5, 5.41) is 27.1. The first-order valence-corrected chi connectivity index (χ1v) is 22.3. The number of amides is 1. The maximum atomic E-state index is 14.7. The smallest absolute Gasteiger partial charge is 0.243 e. The molecule has 1 fully saturated rings. The average molecular weight is 860 g/mol. The quantitative estimate of drug-likeness (QED) is 0.0425. The van der Waals surface area contributed by atoms with Crippen LogP contribution < -0.4 is 19.5 Å². The molecule has 1 amide bonds. The number of allylic oxidation sites excluding steroid dienone is 1. The molecule has 6 unspecified atom stereocenters. The predicted molar refractivity (Wildman–Crippen MR) is 231 cm³/mol. The molecule has 15 heteroatoms. The second-order valence-corrected chi connectivity index (χ2v) is 17.5. The highest BCUT2D eigenvalue weighted by molar-refractivity contribution is 7.89. The Hall–Kier alpha value is -5.06. The van der Waals surface area contributed by atoms with Crippen LogP contribution in [0.5, 0.6) is 23.0 Å². The van der Waals surface area contributed by atoms with Gasteiger partial charge in [0.05, 0.1) is 41.8 Å². The standard InChI is InChI=1S/C46H57N3O11S/c1-6-24-57-46-43(49(4)61(54,55)36-18-14-33(15-19-36)47-30(3)53)28-40(48-58-7-2)38-26-31(12-8-10-22-50)37(13-9-11-23-51)44(45(38)46)39-27-35(17-21-42(39)60-46)59-34-16-20-41(56-5)32(25-34)29-52/h6,14-21,25-27,29,31,37,43-45,50-51H,1,7-13,22-24,28H2,2-5H3,(H,47,53). The summed E-state index contributed by atoms with van der Waals surface area (Å²) in [6.07, 6.45) is 8.82. The van der Waals surface area contributed by atoms with Gasteiger partial charge in [-0.2, -0.15) is 4.31 Å². The van der Waals surface area contributed by atoms with Gasteiger partial charge in [0.1, 0.15) is 29.6 Å². The number of benzene rings is 3. The van der Waals surface area contributed by atoms with Gasteiger partial charge in [-0.05, 0) is 111 Å². The minimum Gasteiger partial charge on any atom is -0.496 e. The number of carbonyl (C=O) groups excluding carboxylic acids is 2. The largest absolute Gasteiger partial charge is 0.496 e. The van der Waals surface area contributed by atoms with Crippen LogP contribution in [0.15, 0.2) is 95.0 Å². The molecule has 3 N–H and O–H groups in total. The number of hydrogen-bond donors (Lipinski definition) is 3. The van der Waals surface area contributed by atoms with E-state index in [-0.39, 0.29) is 61.4 Å². The molecule has 3 aliphatic rings. The number of nitrogens with zero attached hydrogens (tertiary/aromatic N) is 2. The molecule has 6 rings (SSSR count). The molecule has 2 aliphatic carbocycles. The number of aliphatic hydroxyl groups excluding tert-OH is 2. The highest BCUT2D eigenvalue weighted by Crippen LogP contribution is 2.62. The molecule has 0 aromatic heterocycles. The normalized spacial score (nSPS) is 23.6. The minimum absolute atomic E-state index is 0.00201. The molecule has 0 spiro atoms. The van der Waals surface area contributed by atoms with Crippen molar-refractivity contribution in [2.45, 2.75) is 81.4 Å². The number of unbranched alkanes of at least 4 members (excludes halogenated alkanes) is 2. The van der Waals surface area contributed by atoms with Crippen molar-refractivity contribution in [2.75, 3.05) is 45.9 Å². The van der Waals surface area contributed by atoms with Crippen molar-refractivity contribution < 1.29 is 52.0 Å². The molecule has 3 aromatic carbocycles. The summed E-state index contributed by atoms with van der Waals surface area (Å²) in [6, 6.07) is 15.5. The third-order valence-corrected chi connectivity index (χ3v) is 13.7. The van der Waals surface area contributed by atoms with Crippen molar-refractivity contribution in [1.29, 1.82) is 0 Å². The van der Waals surface area contributed by atoms with Gasteiger partial charge in [0.2, 0.25) is 21.7 Å². The fraction of sp³-hybridized carbons (Fsp3) is 0.457. The Labute approximate surface area is 358 Å². The Bertz CT molecular complexity index is 2210. The summed E-state index contributed by atoms with van der Waals surface area (Å²) < 4.78 is 56.6. The number of anilines is 1. The highest BCUT2D eigenvalue weighted by Gasteiger charge is 2.65. The van der Waals surface area contributed by atoms with Crippen LogP contribution in [0.2, 0.25) is 0 Å². The van der Waals surface area contributed by atoms with Crippen LogP contribution in [0.3, 0.4) is 0 Å². The maximum absolute atomic E-state index is 14.7. The summed E-state index contributed by atoms with van der Waals surface area (Å²) in [5.41, 5.74) is 3.02. The van der Waals surface area contributed by atoms with E-state index in [2.05, 4.69) is 23.1 Å². The number of fused-ring (bicyclic) bond motifs is 2. The fourth-order valence-electron chi connectivity index (χ4n) is 9.16. The van der Waals surface area contributed by atoms with Gasteiger partial charge in [0, 0.05) is 50.8 Å². The van der Waals surface area contributed by atoms with E-state index in [0.717, 1.165) is 36.8 Å². The lowest BCUT2D eigenvalue weighted by Crippen LogP contribution is -2.69. The Morgan fingerprint density at radius 1 is 1.03 bits per heavy atom. The number of rotatable bonds is 21. The molecule has 328 valence electrons. The van der Waals surface area contributed by atoms with Crippen molar-refractivity contribution in [1.82, 2.24) is 4.31 Å². The van der Waals surface area contributed by atoms with E-state index in [1.807, 2.05) is 19.1 Å². The zero-order valence-corrected chi connectivity index (χ0v) is 36.1. The summed E-state index contributed by atoms with van der Waals surface area (Å²) in [6.45, 7) is 7.57. The summed E-state index contributed by atoms with van der Waals surface area (Å²) in [5.74, 6) is -1.09. The van der Waals surface area contributed by atoms with Crippen molar-refractivity contribution in [2.24, 2.45) is 22.9 Å². The van der Waals surface area contributed by atoms with Gasteiger partial charge in [-0.25, -0.2) is 8.42 Å². The molecule has 3 aromatic rings. The Balaban J connectivity index is 1.56. The van der Waals surface area contributed by atoms with E-state index in [1.165, 1.54) is 37.5 Å². The second-order valence-electron chi connectivity index (χ2n) is 15.5. The lowest BCUT2D eigenvalue weighted by Gasteiger charge is -2.59. The van der Waals surface area contributed by atoms with Gasteiger partial charge in [0.15, 0.2) is 6.29 Å². The second kappa shape index (κ2) is 20.2. The maximum Gasteiger partial charge on any atom is 0.243 e. The third-order valence-electron chi connectivity index (χ3n) is 11.8. The van der Waals surface area contributed by atoms with Crippen molar-refractivity contribution in [3.8, 4) is 23.0 Å². The molecule has 1 aliphatic heterocycles. The van der Waals surface area contributed by atoms with Gasteiger partial charge < -0.3 is 39.3 Å². The Morgan fingerprint density at radius 2 is 1.74 bits per heavy atom. The molecule has 0 radical (unpaired) electrons. The molecule has 6 atom stereocenters. The average Bonchev–Trinajstić information content (AvgIpc) is 3.25. The zero-order chi connectivity index (χ0) is 43.7. The molecule has 0 saturated heterocycles. The van der Waals surface area contributed by atoms with E-state index in [0.29, 0.717) is 59.1 Å². The fourth-order valence-corrected chi connectivity index (χ4v) is 10.5. The monoisotopic (exact) mass is 859 g/mol. The van der Waals surface area contributed by atoms with Crippen molar-refractivity contribution >= 4 is 33.6 Å². The lowest BCUT2D eigenvalue weighted by atomic mass is 9.55. The summed E-state index contributed by atoms with van der Waals surface area (Å²) in [7, 11) is -1.23. The van der Waals surface area contributed by atoms with Gasteiger partial charge in [-0.1, -0.05) is 30.1 Å². The SMILES string of the molecule is C=CCOC12Oc3ccc(Oc4ccc(OC)c(C=O)c4)cc3C3C(CCCCO)C(CCCCO)C=C(C(=NOCC)CC1N(C)S(=O)(=O)c1ccc(NC(C)=O)cc1)C32. The van der Waals surface area contributed by atoms with Crippen LogP contribution in [-0.4, -0.2) is 93.3 Å². The van der Waals surface area contributed by atoms with Crippen LogP contribution in [0.1, 0.15) is 80.6 Å². The molecule has 0 bridgehead atoms. The number of sulfonamides is 1. The van der Waals surface area contributed by atoms with Crippen molar-refractivity contribution in [3.05, 3.63) is 96.1 Å². The minimum atomic E-state index is -4.24. The molecule has 61 heavy (non-hydrogen) atoms. The number of carbonyl (C=O) groups is 2. The number of oxime groups is 1. The first-order chi connectivity index (χ1) is 29.5. The molecule has 1 heterocycles. The highest BCUT2D eigenvalue weighted by atomic mass is 32.2.